The smallest absolute Gasteiger partial charge is 0.140 e. The molecule has 2 rings (SSSR count). The van der Waals surface area contributed by atoms with Gasteiger partial charge in [0.2, 0.25) is 0 Å². The highest BCUT2D eigenvalue weighted by molar-refractivity contribution is 5.79. The van der Waals surface area contributed by atoms with Gasteiger partial charge in [0.1, 0.15) is 5.82 Å². The van der Waals surface area contributed by atoms with Gasteiger partial charge < -0.3 is 10.3 Å². The van der Waals surface area contributed by atoms with Crippen LogP contribution in [0.1, 0.15) is 5.56 Å². The van der Waals surface area contributed by atoms with Crippen LogP contribution in [0.3, 0.4) is 0 Å². The van der Waals surface area contributed by atoms with Crippen LogP contribution in [0.25, 0.3) is 11.4 Å². The third kappa shape index (κ3) is 1.55. The topological polar surface area (TPSA) is 64.5 Å². The number of aromatic amines is 1. The van der Waals surface area contributed by atoms with Crippen LogP contribution in [-0.2, 0) is 0 Å². The number of nitriles is 1. The van der Waals surface area contributed by atoms with E-state index in [0.29, 0.717) is 11.4 Å². The molecule has 4 nitrogen and oxygen atoms in total. The summed E-state index contributed by atoms with van der Waals surface area (Å²) in [7, 11) is 1.82. The molecule has 0 unspecified atom stereocenters. The molecule has 0 fully saturated rings. The van der Waals surface area contributed by atoms with Crippen molar-refractivity contribution >= 4 is 5.69 Å². The molecule has 0 amide bonds. The lowest BCUT2D eigenvalue weighted by Gasteiger charge is -2.07. The number of imidazole rings is 1. The summed E-state index contributed by atoms with van der Waals surface area (Å²) in [6.45, 7) is 0. The molecule has 2 aromatic rings. The van der Waals surface area contributed by atoms with Gasteiger partial charge >= 0.3 is 0 Å². The molecule has 2 N–H and O–H groups in total. The third-order valence-electron chi connectivity index (χ3n) is 2.19. The second-order valence-corrected chi connectivity index (χ2v) is 3.03. The van der Waals surface area contributed by atoms with Crippen LogP contribution in [0.2, 0.25) is 0 Å². The molecule has 0 saturated heterocycles. The minimum absolute atomic E-state index is 0.608. The van der Waals surface area contributed by atoms with E-state index in [1.165, 1.54) is 0 Å². The van der Waals surface area contributed by atoms with Gasteiger partial charge in [-0.25, -0.2) is 4.98 Å². The van der Waals surface area contributed by atoms with Gasteiger partial charge in [-0.3, -0.25) is 0 Å². The Kier molecular flexibility index (Phi) is 2.38. The SMILES string of the molecule is CNc1cccc(C#N)c1-c1ncc[nH]1. The van der Waals surface area contributed by atoms with Gasteiger partial charge in [-0.15, -0.1) is 0 Å². The molecule has 1 aromatic carbocycles. The normalized spacial score (nSPS) is 9.60. The highest BCUT2D eigenvalue weighted by atomic mass is 14.9. The number of anilines is 1. The lowest BCUT2D eigenvalue weighted by atomic mass is 10.1. The number of nitrogens with one attached hydrogen (secondary N) is 2. The van der Waals surface area contributed by atoms with E-state index in [-0.39, 0.29) is 0 Å². The summed E-state index contributed by atoms with van der Waals surface area (Å²) in [4.78, 5) is 7.16. The van der Waals surface area contributed by atoms with Crippen molar-refractivity contribution in [2.75, 3.05) is 12.4 Å². The van der Waals surface area contributed by atoms with Gasteiger partial charge in [-0.2, -0.15) is 5.26 Å². The molecule has 0 aliphatic heterocycles. The first-order valence-corrected chi connectivity index (χ1v) is 4.57. The fraction of sp³-hybridized carbons (Fsp3) is 0.0909. The fourth-order valence-electron chi connectivity index (χ4n) is 1.51. The van der Waals surface area contributed by atoms with Crippen LogP contribution in [0.15, 0.2) is 30.6 Å². The first-order chi connectivity index (χ1) is 7.36. The standard InChI is InChI=1S/C11H10N4/c1-13-9-4-2-3-8(7-12)10(9)11-14-5-6-15-11/h2-6,13H,1H3,(H,14,15). The van der Waals surface area contributed by atoms with Crippen molar-refractivity contribution in [1.29, 1.82) is 5.26 Å². The van der Waals surface area contributed by atoms with Crippen molar-refractivity contribution in [2.24, 2.45) is 0 Å². The molecule has 1 heterocycles. The average molecular weight is 198 g/mol. The number of hydrogen-bond donors (Lipinski definition) is 2. The first kappa shape index (κ1) is 9.28. The maximum atomic E-state index is 9.02. The highest BCUT2D eigenvalue weighted by Crippen LogP contribution is 2.28. The molecule has 0 saturated carbocycles. The summed E-state index contributed by atoms with van der Waals surface area (Å²) in [6.07, 6.45) is 3.41. The van der Waals surface area contributed by atoms with Crippen molar-refractivity contribution in [3.05, 3.63) is 36.2 Å². The summed E-state index contributed by atoms with van der Waals surface area (Å²) >= 11 is 0. The third-order valence-corrected chi connectivity index (χ3v) is 2.19. The Morgan fingerprint density at radius 1 is 1.47 bits per heavy atom. The zero-order chi connectivity index (χ0) is 10.7. The second-order valence-electron chi connectivity index (χ2n) is 3.03. The predicted molar refractivity (Wildman–Crippen MR) is 58.3 cm³/mol. The molecule has 4 heteroatoms. The number of hydrogen-bond acceptors (Lipinski definition) is 3. The monoisotopic (exact) mass is 198 g/mol. The van der Waals surface area contributed by atoms with Gasteiger partial charge in [-0.05, 0) is 12.1 Å². The Labute approximate surface area is 87.6 Å². The number of aromatic nitrogens is 2. The summed E-state index contributed by atoms with van der Waals surface area (Å²) in [6, 6.07) is 7.69. The molecule has 15 heavy (non-hydrogen) atoms. The van der Waals surface area contributed by atoms with Gasteiger partial charge in [0, 0.05) is 25.1 Å². The van der Waals surface area contributed by atoms with Crippen LogP contribution in [-0.4, -0.2) is 17.0 Å². The van der Waals surface area contributed by atoms with Crippen LogP contribution >= 0.6 is 0 Å². The Bertz CT molecular complexity index is 494. The Morgan fingerprint density at radius 2 is 2.33 bits per heavy atom. The Balaban J connectivity index is 2.67. The van der Waals surface area contributed by atoms with Gasteiger partial charge in [0.05, 0.1) is 17.2 Å². The van der Waals surface area contributed by atoms with E-state index in [2.05, 4.69) is 21.4 Å². The molecular weight excluding hydrogens is 188 g/mol. The van der Waals surface area contributed by atoms with Gasteiger partial charge in [0.15, 0.2) is 0 Å². The van der Waals surface area contributed by atoms with E-state index in [0.717, 1.165) is 11.3 Å². The molecule has 0 aliphatic carbocycles. The Hall–Kier alpha value is -2.28. The maximum absolute atomic E-state index is 9.02. The van der Waals surface area contributed by atoms with Gasteiger partial charge in [-0.1, -0.05) is 6.07 Å². The molecule has 0 spiro atoms. The molecular formula is C11H10N4. The molecule has 0 aliphatic rings. The number of nitrogens with zero attached hydrogens (tertiary/aromatic N) is 2. The largest absolute Gasteiger partial charge is 0.387 e. The van der Waals surface area contributed by atoms with Gasteiger partial charge in [0.25, 0.3) is 0 Å². The summed E-state index contributed by atoms with van der Waals surface area (Å²) in [5.41, 5.74) is 2.31. The molecule has 0 bridgehead atoms. The zero-order valence-corrected chi connectivity index (χ0v) is 8.28. The van der Waals surface area contributed by atoms with Crippen molar-refractivity contribution < 1.29 is 0 Å². The lowest BCUT2D eigenvalue weighted by molar-refractivity contribution is 1.29. The predicted octanol–water partition coefficient (Wildman–Crippen LogP) is 1.99. The number of benzene rings is 1. The van der Waals surface area contributed by atoms with E-state index in [1.54, 1.807) is 18.5 Å². The van der Waals surface area contributed by atoms with Crippen LogP contribution in [0.5, 0.6) is 0 Å². The van der Waals surface area contributed by atoms with E-state index in [1.807, 2.05) is 19.2 Å². The van der Waals surface area contributed by atoms with Crippen molar-refractivity contribution in [3.63, 3.8) is 0 Å². The molecule has 1 aromatic heterocycles. The summed E-state index contributed by atoms with van der Waals surface area (Å²) < 4.78 is 0. The van der Waals surface area contributed by atoms with Crippen molar-refractivity contribution in [3.8, 4) is 17.5 Å². The number of rotatable bonds is 2. The van der Waals surface area contributed by atoms with Crippen molar-refractivity contribution in [1.82, 2.24) is 9.97 Å². The van der Waals surface area contributed by atoms with Crippen LogP contribution < -0.4 is 5.32 Å². The summed E-state index contributed by atoms with van der Waals surface area (Å²) in [5, 5.41) is 12.1. The lowest BCUT2D eigenvalue weighted by Crippen LogP contribution is -1.95. The quantitative estimate of drug-likeness (QED) is 0.775. The maximum Gasteiger partial charge on any atom is 0.140 e. The fourth-order valence-corrected chi connectivity index (χ4v) is 1.51. The minimum Gasteiger partial charge on any atom is -0.387 e. The van der Waals surface area contributed by atoms with E-state index in [4.69, 9.17) is 5.26 Å². The number of H-pyrrole nitrogens is 1. The molecule has 0 radical (unpaired) electrons. The van der Waals surface area contributed by atoms with E-state index in [9.17, 15) is 0 Å². The second kappa shape index (κ2) is 3.84. The Morgan fingerprint density at radius 3 is 2.93 bits per heavy atom. The first-order valence-electron chi connectivity index (χ1n) is 4.57. The van der Waals surface area contributed by atoms with Crippen LogP contribution in [0, 0.1) is 11.3 Å². The van der Waals surface area contributed by atoms with E-state index < -0.39 is 0 Å². The summed E-state index contributed by atoms with van der Waals surface area (Å²) in [5.74, 6) is 0.705. The van der Waals surface area contributed by atoms with Crippen LogP contribution in [0.4, 0.5) is 5.69 Å². The molecule has 74 valence electrons. The van der Waals surface area contributed by atoms with E-state index >= 15 is 0 Å². The zero-order valence-electron chi connectivity index (χ0n) is 8.28. The minimum atomic E-state index is 0.608. The average Bonchev–Trinajstić information content (AvgIpc) is 2.81. The highest BCUT2D eigenvalue weighted by Gasteiger charge is 2.11. The molecule has 0 atom stereocenters. The van der Waals surface area contributed by atoms with Crippen molar-refractivity contribution in [2.45, 2.75) is 0 Å².